The van der Waals surface area contributed by atoms with Gasteiger partial charge in [-0.3, -0.25) is 0 Å². The van der Waals surface area contributed by atoms with Crippen LogP contribution in [0.4, 0.5) is 0 Å². The molecule has 12 rings (SSSR count). The molecule has 7 N–H and O–H groups in total. The van der Waals surface area contributed by atoms with Crippen molar-refractivity contribution in [2.45, 2.75) is 72.3 Å². The van der Waals surface area contributed by atoms with Crippen LogP contribution in [-0.4, -0.2) is 42.9 Å². The van der Waals surface area contributed by atoms with Crippen LogP contribution in [0.3, 0.4) is 0 Å². The Kier molecular flexibility index (Phi) is 22.2. The van der Waals surface area contributed by atoms with Crippen molar-refractivity contribution in [2.24, 2.45) is 0 Å². The first kappa shape index (κ1) is 62.1. The molecule has 1 atom stereocenters. The smallest absolute Gasteiger partial charge is 0.166 e. The summed E-state index contributed by atoms with van der Waals surface area (Å²) in [6, 6.07) is 99.8. The Hall–Kier alpha value is -9.40. The van der Waals surface area contributed by atoms with Crippen molar-refractivity contribution in [1.82, 2.24) is 0 Å². The number of aromatic hydroxyl groups is 6. The second-order valence-electron chi connectivity index (χ2n) is 19.4. The summed E-state index contributed by atoms with van der Waals surface area (Å²) >= 11 is 0. The van der Waals surface area contributed by atoms with Gasteiger partial charge in [0.2, 0.25) is 0 Å². The van der Waals surface area contributed by atoms with E-state index in [2.05, 4.69) is 116 Å². The van der Waals surface area contributed by atoms with E-state index in [0.717, 1.165) is 35.8 Å². The van der Waals surface area contributed by atoms with Crippen molar-refractivity contribution in [1.29, 1.82) is 0 Å². The van der Waals surface area contributed by atoms with Gasteiger partial charge in [-0.2, -0.15) is 0 Å². The van der Waals surface area contributed by atoms with Crippen LogP contribution in [0, 0.1) is 6.92 Å². The van der Waals surface area contributed by atoms with Crippen LogP contribution in [0.15, 0.2) is 368 Å². The van der Waals surface area contributed by atoms with Gasteiger partial charge in [0.1, 0.15) is 40.2 Å². The van der Waals surface area contributed by atoms with Crippen LogP contribution in [0.1, 0.15) is 11.1 Å². The zero-order valence-corrected chi connectivity index (χ0v) is 51.1. The third kappa shape index (κ3) is 17.4. The SMILES string of the molecule is COc1ccc([S+](c2ccc(C)cc2)c2ccc(CO)cc2)cc1.Oc1ccc([S+](c2ccc(O)cc2)c2ccc(O)cc2)cc1.Oc1ccc([S+](c2ccccc2)c2ccc(O)cc2)cc1.Oc1ccc([S+](c2ccccc2)c2ccccc2)cc1. The van der Waals surface area contributed by atoms with Gasteiger partial charge in [-0.1, -0.05) is 84.4 Å². The summed E-state index contributed by atoms with van der Waals surface area (Å²) in [5.41, 5.74) is 2.19. The first-order valence-electron chi connectivity index (χ1n) is 27.7. The predicted octanol–water partition coefficient (Wildman–Crippen LogP) is 17.2. The minimum absolute atomic E-state index is 0.0706. The van der Waals surface area contributed by atoms with Crippen LogP contribution in [0.2, 0.25) is 0 Å². The van der Waals surface area contributed by atoms with Crippen molar-refractivity contribution >= 4 is 43.6 Å². The summed E-state index contributed by atoms with van der Waals surface area (Å²) in [7, 11) is 0.742. The van der Waals surface area contributed by atoms with Crippen LogP contribution in [0.5, 0.6) is 40.2 Å². The van der Waals surface area contributed by atoms with E-state index in [1.165, 1.54) is 39.8 Å². The van der Waals surface area contributed by atoms with Crippen LogP contribution in [-0.2, 0) is 50.2 Å². The molecule has 8 nitrogen and oxygen atoms in total. The second-order valence-corrected chi connectivity index (χ2v) is 27.5. The highest BCUT2D eigenvalue weighted by Crippen LogP contribution is 2.37. The quantitative estimate of drug-likeness (QED) is 0.0532. The summed E-state index contributed by atoms with van der Waals surface area (Å²) in [6.07, 6.45) is 0. The Morgan fingerprint density at radius 2 is 0.425 bits per heavy atom. The fraction of sp³-hybridized carbons (Fsp3) is 0.0400. The molecule has 0 spiro atoms. The largest absolute Gasteiger partial charge is 0.508 e. The molecule has 12 aromatic carbocycles. The lowest BCUT2D eigenvalue weighted by Gasteiger charge is -2.09. The molecule has 0 fully saturated rings. The number of aliphatic hydroxyl groups is 1. The summed E-state index contributed by atoms with van der Waals surface area (Å²) in [4.78, 5) is 14.1. The number of aliphatic hydroxyl groups excluding tert-OH is 1. The van der Waals surface area contributed by atoms with Crippen molar-refractivity contribution in [3.63, 3.8) is 0 Å². The van der Waals surface area contributed by atoms with Gasteiger partial charge in [0, 0.05) is 0 Å². The minimum atomic E-state index is -0.373. The molecule has 12 heteroatoms. The lowest BCUT2D eigenvalue weighted by molar-refractivity contribution is 0.282. The molecule has 0 aliphatic carbocycles. The zero-order chi connectivity index (χ0) is 60.9. The molecule has 0 saturated heterocycles. The van der Waals surface area contributed by atoms with Crippen molar-refractivity contribution in [3.05, 3.63) is 321 Å². The molecule has 0 amide bonds. The number of methoxy groups -OCH3 is 1. The van der Waals surface area contributed by atoms with E-state index in [1.807, 2.05) is 127 Å². The van der Waals surface area contributed by atoms with E-state index in [9.17, 15) is 35.7 Å². The van der Waals surface area contributed by atoms with Gasteiger partial charge >= 0.3 is 0 Å². The first-order valence-corrected chi connectivity index (χ1v) is 32.6. The van der Waals surface area contributed by atoms with Crippen LogP contribution in [0.25, 0.3) is 0 Å². The standard InChI is InChI=1S/C21H21O2S.C18H14O3S.C18H14O2S.C18H14OS/c1-16-3-9-19(10-4-16)24(20-11-5-17(15-22)6-12-20)21-13-7-18(23-2)8-14-21;19-13-1-7-16(8-2-13)22(17-9-3-14(20)4-10-17)18-11-5-15(21)6-12-18;19-14-6-10-17(11-7-14)21(16-4-2-1-3-5-16)18-12-8-15(20)9-13-18;19-15-11-13-18(14-12-15)20(16-7-3-1-4-8-16)17-9-5-2-6-10-17/h3-14,22H,15H2,1-2H3;1-12H,(H2-,19,20,21);1-13H,(H-,19,20);1-14H/q+1;;;/p+3. The van der Waals surface area contributed by atoms with E-state index >= 15 is 0 Å². The zero-order valence-electron chi connectivity index (χ0n) is 47.8. The van der Waals surface area contributed by atoms with Gasteiger partial charge in [-0.05, 0) is 243 Å². The van der Waals surface area contributed by atoms with Gasteiger partial charge < -0.3 is 40.5 Å². The summed E-state index contributed by atoms with van der Waals surface area (Å²) < 4.78 is 5.28. The maximum atomic E-state index is 9.49. The van der Waals surface area contributed by atoms with E-state index in [0.29, 0.717) is 5.75 Å². The van der Waals surface area contributed by atoms with Gasteiger partial charge in [-0.15, -0.1) is 0 Å². The molecule has 434 valence electrons. The normalized spacial score (nSPS) is 11.1. The maximum absolute atomic E-state index is 9.49. The number of rotatable bonds is 14. The lowest BCUT2D eigenvalue weighted by Crippen LogP contribution is -2.05. The Morgan fingerprint density at radius 3 is 0.632 bits per heavy atom. The number of phenols is 6. The van der Waals surface area contributed by atoms with Crippen LogP contribution < -0.4 is 4.74 Å². The van der Waals surface area contributed by atoms with Gasteiger partial charge in [0.15, 0.2) is 58.7 Å². The van der Waals surface area contributed by atoms with Crippen molar-refractivity contribution < 1.29 is 40.5 Å². The Labute approximate surface area is 520 Å². The van der Waals surface area contributed by atoms with E-state index in [1.54, 1.807) is 79.9 Å². The fourth-order valence-corrected chi connectivity index (χ4v) is 17.1. The minimum Gasteiger partial charge on any atom is -0.508 e. The summed E-state index contributed by atoms with van der Waals surface area (Å²) in [5, 5.41) is 66.2. The van der Waals surface area contributed by atoms with Crippen molar-refractivity contribution in [3.8, 4) is 40.2 Å². The molecule has 0 radical (unpaired) electrons. The van der Waals surface area contributed by atoms with E-state index in [-0.39, 0.29) is 78.9 Å². The molecule has 0 bridgehead atoms. The highest BCUT2D eigenvalue weighted by Gasteiger charge is 2.32. The van der Waals surface area contributed by atoms with Crippen LogP contribution >= 0.6 is 0 Å². The molecule has 0 heterocycles. The molecule has 87 heavy (non-hydrogen) atoms. The molecule has 1 unspecified atom stereocenters. The monoisotopic (exact) mass is 1220 g/mol. The molecule has 0 aromatic heterocycles. The molecule has 0 saturated carbocycles. The molecular weight excluding hydrogens is 1160 g/mol. The summed E-state index contributed by atoms with van der Waals surface area (Å²) in [6.45, 7) is 2.17. The Balaban J connectivity index is 0.000000139. The number of benzene rings is 12. The molecule has 0 aliphatic rings. The molecule has 12 aromatic rings. The summed E-state index contributed by atoms with van der Waals surface area (Å²) in [5.74, 6) is 2.37. The van der Waals surface area contributed by atoms with E-state index in [4.69, 9.17) is 4.74 Å². The number of ether oxygens (including phenoxy) is 1. The van der Waals surface area contributed by atoms with Gasteiger partial charge in [0.25, 0.3) is 0 Å². The number of hydrogen-bond donors (Lipinski definition) is 7. The van der Waals surface area contributed by atoms with Crippen molar-refractivity contribution in [2.75, 3.05) is 7.11 Å². The highest BCUT2D eigenvalue weighted by atomic mass is 32.2. The first-order chi connectivity index (χ1) is 42.4. The second kappa shape index (κ2) is 31.1. The third-order valence-electron chi connectivity index (χ3n) is 13.3. The number of aryl methyl sites for hydroxylation is 1. The average Bonchev–Trinajstić information content (AvgIpc) is 2.49. The molecular formula is C75H66O8S4+4. The lowest BCUT2D eigenvalue weighted by atomic mass is 10.2. The predicted molar refractivity (Wildman–Crippen MR) is 353 cm³/mol. The maximum Gasteiger partial charge on any atom is 0.166 e. The Bertz CT molecular complexity index is 3720. The van der Waals surface area contributed by atoms with Gasteiger partial charge in [0.05, 0.1) is 57.3 Å². The number of phenolic OH excluding ortho intramolecular Hbond substituents is 6. The number of hydrogen-bond acceptors (Lipinski definition) is 8. The highest BCUT2D eigenvalue weighted by molar-refractivity contribution is 7.98. The molecule has 0 aliphatic heterocycles. The van der Waals surface area contributed by atoms with E-state index < -0.39 is 0 Å². The average molecular weight is 1220 g/mol. The fourth-order valence-electron chi connectivity index (χ4n) is 8.91. The third-order valence-corrected chi connectivity index (χ3v) is 22.2. The van der Waals surface area contributed by atoms with Gasteiger partial charge in [-0.25, -0.2) is 0 Å². The topological polar surface area (TPSA) is 151 Å². The Morgan fingerprint density at radius 1 is 0.241 bits per heavy atom.